The number of nitrogens with two attached hydrogens (primary N) is 2. The van der Waals surface area contributed by atoms with Crippen LogP contribution < -0.4 is 16.2 Å². The van der Waals surface area contributed by atoms with E-state index in [0.29, 0.717) is 25.1 Å². The first-order valence-corrected chi connectivity index (χ1v) is 4.62. The van der Waals surface area contributed by atoms with E-state index in [-0.39, 0.29) is 11.6 Å². The fourth-order valence-corrected chi connectivity index (χ4v) is 1.05. The number of hydrogen-bond donors (Lipinski definition) is 3. The summed E-state index contributed by atoms with van der Waals surface area (Å²) in [6.07, 6.45) is 0.675. The molecule has 0 spiro atoms. The maximum Gasteiger partial charge on any atom is 0.165 e. The molecule has 1 rings (SSSR count). The third-order valence-electron chi connectivity index (χ3n) is 1.85. The summed E-state index contributed by atoms with van der Waals surface area (Å²) in [5.74, 6) is -0.518. The summed E-state index contributed by atoms with van der Waals surface area (Å²) in [6, 6.07) is 4.19. The molecule has 0 heterocycles. The van der Waals surface area contributed by atoms with Gasteiger partial charge in [0.1, 0.15) is 5.84 Å². The topological polar surface area (TPSA) is 85.1 Å². The van der Waals surface area contributed by atoms with E-state index in [1.54, 1.807) is 6.07 Å². The van der Waals surface area contributed by atoms with Gasteiger partial charge in [-0.1, -0.05) is 0 Å². The lowest BCUT2D eigenvalue weighted by Gasteiger charge is -2.07. The van der Waals surface area contributed by atoms with Gasteiger partial charge in [-0.3, -0.25) is 5.41 Å². The van der Waals surface area contributed by atoms with Crippen molar-refractivity contribution in [3.63, 3.8) is 0 Å². The van der Waals surface area contributed by atoms with Crippen LogP contribution in [0.2, 0.25) is 0 Å². The Kier molecular flexibility index (Phi) is 4.05. The molecule has 15 heavy (non-hydrogen) atoms. The molecule has 0 bridgehead atoms. The summed E-state index contributed by atoms with van der Waals surface area (Å²) in [5.41, 5.74) is 10.8. The highest BCUT2D eigenvalue weighted by Crippen LogP contribution is 2.18. The largest absolute Gasteiger partial charge is 0.490 e. The van der Waals surface area contributed by atoms with Gasteiger partial charge in [0.15, 0.2) is 11.6 Å². The second-order valence-corrected chi connectivity index (χ2v) is 3.05. The molecule has 0 radical (unpaired) electrons. The lowest BCUT2D eigenvalue weighted by atomic mass is 10.2. The molecule has 0 aliphatic heterocycles. The van der Waals surface area contributed by atoms with Crippen LogP contribution in [-0.2, 0) is 0 Å². The van der Waals surface area contributed by atoms with Crippen LogP contribution in [0.1, 0.15) is 12.0 Å². The van der Waals surface area contributed by atoms with Gasteiger partial charge in [0.25, 0.3) is 0 Å². The number of benzene rings is 1. The zero-order chi connectivity index (χ0) is 11.3. The van der Waals surface area contributed by atoms with E-state index >= 15 is 0 Å². The van der Waals surface area contributed by atoms with Crippen LogP contribution in [0, 0.1) is 11.2 Å². The van der Waals surface area contributed by atoms with Crippen LogP contribution in [0.3, 0.4) is 0 Å². The molecule has 0 aliphatic carbocycles. The molecule has 4 nitrogen and oxygen atoms in total. The van der Waals surface area contributed by atoms with E-state index in [0.717, 1.165) is 0 Å². The van der Waals surface area contributed by atoms with E-state index in [2.05, 4.69) is 0 Å². The van der Waals surface area contributed by atoms with Crippen LogP contribution >= 0.6 is 0 Å². The smallest absolute Gasteiger partial charge is 0.165 e. The standard InChI is InChI=1S/C10H14FN3O/c11-8-6-7(10(13)14)2-3-9(8)15-5-1-4-12/h2-3,6H,1,4-5,12H2,(H3,13,14). The van der Waals surface area contributed by atoms with Crippen molar-refractivity contribution in [2.24, 2.45) is 11.5 Å². The Hall–Kier alpha value is -1.62. The Balaban J connectivity index is 2.70. The van der Waals surface area contributed by atoms with Gasteiger partial charge in [-0.15, -0.1) is 0 Å². The number of nitrogens with one attached hydrogen (secondary N) is 1. The molecule has 82 valence electrons. The lowest BCUT2D eigenvalue weighted by molar-refractivity contribution is 0.298. The van der Waals surface area contributed by atoms with Crippen molar-refractivity contribution in [3.8, 4) is 5.75 Å². The zero-order valence-electron chi connectivity index (χ0n) is 8.29. The predicted octanol–water partition coefficient (Wildman–Crippen LogP) is 0.837. The number of halogens is 1. The Morgan fingerprint density at radius 1 is 1.47 bits per heavy atom. The molecule has 0 saturated carbocycles. The van der Waals surface area contributed by atoms with Crippen molar-refractivity contribution in [2.75, 3.05) is 13.2 Å². The molecule has 5 heteroatoms. The third-order valence-corrected chi connectivity index (χ3v) is 1.85. The third kappa shape index (κ3) is 3.21. The normalized spacial score (nSPS) is 10.0. The highest BCUT2D eigenvalue weighted by atomic mass is 19.1. The summed E-state index contributed by atoms with van der Waals surface area (Å²) in [5, 5.41) is 7.12. The number of ether oxygens (including phenoxy) is 1. The highest BCUT2D eigenvalue weighted by Gasteiger charge is 2.05. The quantitative estimate of drug-likeness (QED) is 0.383. The van der Waals surface area contributed by atoms with Crippen LogP contribution in [0.5, 0.6) is 5.75 Å². The Labute approximate surface area is 87.5 Å². The van der Waals surface area contributed by atoms with Gasteiger partial charge >= 0.3 is 0 Å². The highest BCUT2D eigenvalue weighted by molar-refractivity contribution is 5.95. The van der Waals surface area contributed by atoms with Gasteiger partial charge < -0.3 is 16.2 Å². The van der Waals surface area contributed by atoms with Crippen molar-refractivity contribution < 1.29 is 9.13 Å². The van der Waals surface area contributed by atoms with E-state index in [4.69, 9.17) is 21.6 Å². The molecule has 0 amide bonds. The van der Waals surface area contributed by atoms with Gasteiger partial charge in [-0.05, 0) is 31.2 Å². The van der Waals surface area contributed by atoms with Crippen LogP contribution in [0.4, 0.5) is 4.39 Å². The first-order valence-electron chi connectivity index (χ1n) is 4.62. The fraction of sp³-hybridized carbons (Fsp3) is 0.300. The molecular weight excluding hydrogens is 197 g/mol. The van der Waals surface area contributed by atoms with E-state index < -0.39 is 5.82 Å². The maximum atomic E-state index is 13.3. The number of amidine groups is 1. The molecule has 5 N–H and O–H groups in total. The van der Waals surface area contributed by atoms with Crippen LogP contribution in [-0.4, -0.2) is 19.0 Å². The fourth-order valence-electron chi connectivity index (χ4n) is 1.05. The Morgan fingerprint density at radius 2 is 2.20 bits per heavy atom. The molecule has 0 saturated heterocycles. The van der Waals surface area contributed by atoms with Crippen molar-refractivity contribution in [1.29, 1.82) is 5.41 Å². The maximum absolute atomic E-state index is 13.3. The summed E-state index contributed by atoms with van der Waals surface area (Å²) in [4.78, 5) is 0. The minimum absolute atomic E-state index is 0.161. The average Bonchev–Trinajstić information content (AvgIpc) is 2.20. The van der Waals surface area contributed by atoms with Crippen molar-refractivity contribution in [3.05, 3.63) is 29.6 Å². The zero-order valence-corrected chi connectivity index (χ0v) is 8.29. The van der Waals surface area contributed by atoms with Gasteiger partial charge in [-0.2, -0.15) is 0 Å². The molecule has 0 fully saturated rings. The number of nitrogen functional groups attached to an aromatic ring is 1. The molecule has 0 aliphatic rings. The molecule has 0 atom stereocenters. The van der Waals surface area contributed by atoms with Gasteiger partial charge in [0, 0.05) is 5.56 Å². The van der Waals surface area contributed by atoms with E-state index in [1.165, 1.54) is 12.1 Å². The monoisotopic (exact) mass is 211 g/mol. The second-order valence-electron chi connectivity index (χ2n) is 3.05. The summed E-state index contributed by atoms with van der Waals surface area (Å²) >= 11 is 0. The van der Waals surface area contributed by atoms with Crippen molar-refractivity contribution in [2.45, 2.75) is 6.42 Å². The Bertz CT molecular complexity index is 355. The summed E-state index contributed by atoms with van der Waals surface area (Å²) < 4.78 is 18.5. The first-order chi connectivity index (χ1) is 7.15. The van der Waals surface area contributed by atoms with Crippen molar-refractivity contribution >= 4 is 5.84 Å². The van der Waals surface area contributed by atoms with E-state index in [9.17, 15) is 4.39 Å². The average molecular weight is 211 g/mol. The number of rotatable bonds is 5. The summed E-state index contributed by atoms with van der Waals surface area (Å²) in [6.45, 7) is 0.889. The summed E-state index contributed by atoms with van der Waals surface area (Å²) in [7, 11) is 0. The Morgan fingerprint density at radius 3 is 2.73 bits per heavy atom. The van der Waals surface area contributed by atoms with Crippen molar-refractivity contribution in [1.82, 2.24) is 0 Å². The second kappa shape index (κ2) is 5.31. The minimum Gasteiger partial charge on any atom is -0.490 e. The van der Waals surface area contributed by atoms with Gasteiger partial charge in [-0.25, -0.2) is 4.39 Å². The lowest BCUT2D eigenvalue weighted by Crippen LogP contribution is -2.12. The minimum atomic E-state index is -0.514. The molecule has 0 aromatic heterocycles. The molecule has 0 unspecified atom stereocenters. The van der Waals surface area contributed by atoms with Crippen LogP contribution in [0.25, 0.3) is 0 Å². The predicted molar refractivity (Wildman–Crippen MR) is 56.6 cm³/mol. The van der Waals surface area contributed by atoms with Crippen LogP contribution in [0.15, 0.2) is 18.2 Å². The van der Waals surface area contributed by atoms with Gasteiger partial charge in [0.2, 0.25) is 0 Å². The molecule has 1 aromatic carbocycles. The molecule has 1 aromatic rings. The molecular formula is C10H14FN3O. The first kappa shape index (κ1) is 11.5. The van der Waals surface area contributed by atoms with Gasteiger partial charge in [0.05, 0.1) is 6.61 Å². The SMILES string of the molecule is N=C(N)c1ccc(OCCCN)c(F)c1. The van der Waals surface area contributed by atoms with E-state index in [1.807, 2.05) is 0 Å². The number of hydrogen-bond acceptors (Lipinski definition) is 3.